The average molecular weight is 794 g/mol. The summed E-state index contributed by atoms with van der Waals surface area (Å²) in [6.07, 6.45) is 6.02. The molecule has 0 saturated heterocycles. The maximum Gasteiger partial charge on any atom is 0.160 e. The second-order valence-corrected chi connectivity index (χ2v) is 16.8. The van der Waals surface area contributed by atoms with Crippen molar-refractivity contribution in [3.05, 3.63) is 217 Å². The molecule has 3 heteroatoms. The molecular weight excluding hydrogens is 751 g/mol. The number of benzene rings is 8. The predicted octanol–water partition coefficient (Wildman–Crippen LogP) is 15.2. The van der Waals surface area contributed by atoms with Gasteiger partial charge in [0, 0.05) is 22.1 Å². The van der Waals surface area contributed by atoms with Gasteiger partial charge < -0.3 is 0 Å². The largest absolute Gasteiger partial charge is 0.228 e. The summed E-state index contributed by atoms with van der Waals surface area (Å²) in [6.45, 7) is 0. The van der Waals surface area contributed by atoms with Gasteiger partial charge in [0.15, 0.2) is 5.82 Å². The monoisotopic (exact) mass is 793 g/mol. The van der Waals surface area contributed by atoms with Crippen molar-refractivity contribution in [2.24, 2.45) is 0 Å². The van der Waals surface area contributed by atoms with Gasteiger partial charge in [-0.1, -0.05) is 189 Å². The number of nitriles is 1. The molecule has 0 unspecified atom stereocenters. The van der Waals surface area contributed by atoms with Crippen LogP contribution in [-0.4, -0.2) is 9.97 Å². The van der Waals surface area contributed by atoms with E-state index in [9.17, 15) is 5.26 Å². The van der Waals surface area contributed by atoms with E-state index in [1.807, 2.05) is 30.3 Å². The van der Waals surface area contributed by atoms with Gasteiger partial charge in [-0.05, 0) is 110 Å². The minimum atomic E-state index is 0.00310. The molecule has 2 aliphatic carbocycles. The average Bonchev–Trinajstić information content (AvgIpc) is 3.61. The third-order valence-electron chi connectivity index (χ3n) is 13.2. The van der Waals surface area contributed by atoms with Crippen molar-refractivity contribution < 1.29 is 0 Å². The number of aromatic nitrogens is 2. The first-order valence-corrected chi connectivity index (χ1v) is 21.7. The van der Waals surface area contributed by atoms with Crippen LogP contribution in [0.1, 0.15) is 48.8 Å². The van der Waals surface area contributed by atoms with E-state index in [0.717, 1.165) is 52.0 Å². The zero-order chi connectivity index (χ0) is 41.5. The summed E-state index contributed by atoms with van der Waals surface area (Å²) >= 11 is 0. The Hall–Kier alpha value is -7.67. The first-order valence-electron chi connectivity index (χ1n) is 21.7. The van der Waals surface area contributed by atoms with Gasteiger partial charge in [-0.25, -0.2) is 9.97 Å². The van der Waals surface area contributed by atoms with Gasteiger partial charge in [-0.2, -0.15) is 5.26 Å². The second-order valence-electron chi connectivity index (χ2n) is 16.8. The smallest absolute Gasteiger partial charge is 0.160 e. The zero-order valence-corrected chi connectivity index (χ0v) is 34.4. The molecule has 62 heavy (non-hydrogen) atoms. The van der Waals surface area contributed by atoms with E-state index in [4.69, 9.17) is 9.97 Å². The normalized spacial score (nSPS) is 13.6. The highest BCUT2D eigenvalue weighted by Gasteiger charge is 2.44. The van der Waals surface area contributed by atoms with E-state index >= 15 is 0 Å². The quantitative estimate of drug-likeness (QED) is 0.161. The molecule has 9 aromatic rings. The molecule has 0 radical (unpaired) electrons. The molecule has 0 bridgehead atoms. The molecule has 1 spiro atoms. The second kappa shape index (κ2) is 15.7. The third-order valence-corrected chi connectivity index (χ3v) is 13.2. The Bertz CT molecular complexity index is 3120. The number of nitrogens with zero attached hydrogens (tertiary/aromatic N) is 3. The van der Waals surface area contributed by atoms with E-state index in [0.29, 0.717) is 5.82 Å². The third kappa shape index (κ3) is 6.81. The van der Waals surface area contributed by atoms with Crippen molar-refractivity contribution >= 4 is 0 Å². The Morgan fingerprint density at radius 1 is 0.355 bits per heavy atom. The summed E-state index contributed by atoms with van der Waals surface area (Å²) in [6, 6.07) is 73.7. The highest BCUT2D eigenvalue weighted by atomic mass is 14.9. The fourth-order valence-electron chi connectivity index (χ4n) is 9.93. The number of fused-ring (bicyclic) bond motifs is 5. The number of hydrogen-bond acceptors (Lipinski definition) is 3. The van der Waals surface area contributed by atoms with Crippen LogP contribution in [0.5, 0.6) is 0 Å². The molecule has 1 fully saturated rings. The molecule has 294 valence electrons. The molecule has 0 aliphatic heterocycles. The van der Waals surface area contributed by atoms with E-state index in [1.54, 1.807) is 0 Å². The summed E-state index contributed by atoms with van der Waals surface area (Å²) in [5, 5.41) is 9.74. The van der Waals surface area contributed by atoms with Gasteiger partial charge in [-0.15, -0.1) is 0 Å². The molecule has 0 N–H and O–H groups in total. The van der Waals surface area contributed by atoms with Crippen molar-refractivity contribution in [2.75, 3.05) is 0 Å². The molecule has 0 atom stereocenters. The van der Waals surface area contributed by atoms with Crippen molar-refractivity contribution in [3.8, 4) is 95.6 Å². The Kier molecular flexibility index (Phi) is 9.48. The molecular formula is C59H43N3. The highest BCUT2D eigenvalue weighted by molar-refractivity contribution is 5.85. The lowest BCUT2D eigenvalue weighted by molar-refractivity contribution is 0.353. The fraction of sp³-hybridized carbons (Fsp3) is 0.102. The van der Waals surface area contributed by atoms with Crippen molar-refractivity contribution in [1.82, 2.24) is 9.97 Å². The Labute approximate surface area is 363 Å². The lowest BCUT2D eigenvalue weighted by Gasteiger charge is -2.36. The van der Waals surface area contributed by atoms with Crippen LogP contribution in [0.15, 0.2) is 200 Å². The van der Waals surface area contributed by atoms with Gasteiger partial charge in [0.1, 0.15) is 0 Å². The molecule has 2 aliphatic rings. The Morgan fingerprint density at radius 2 is 0.774 bits per heavy atom. The van der Waals surface area contributed by atoms with Crippen LogP contribution >= 0.6 is 0 Å². The summed E-state index contributed by atoms with van der Waals surface area (Å²) in [5.74, 6) is 0.707. The molecule has 8 aromatic carbocycles. The minimum absolute atomic E-state index is 0.00310. The lowest BCUT2D eigenvalue weighted by atomic mass is 9.67. The zero-order valence-electron chi connectivity index (χ0n) is 34.4. The number of rotatable bonds is 7. The van der Waals surface area contributed by atoms with Gasteiger partial charge in [0.25, 0.3) is 0 Å². The Morgan fingerprint density at radius 3 is 1.32 bits per heavy atom. The van der Waals surface area contributed by atoms with E-state index < -0.39 is 0 Å². The van der Waals surface area contributed by atoms with Gasteiger partial charge in [0.05, 0.1) is 23.0 Å². The van der Waals surface area contributed by atoms with E-state index in [1.165, 1.54) is 80.5 Å². The number of hydrogen-bond donors (Lipinski definition) is 0. The molecule has 1 saturated carbocycles. The SMILES string of the molecule is N#Cc1ccc2c(c1)C1(CCCCC1)c1cc(-c3ccc(-c4cccc(-c5ccc(-c6cc(-c7ccc(-c8ccccc8)cc7)nc(-c7ccccc7)n6)cc5)c4)cc3)ccc1-2. The molecule has 3 nitrogen and oxygen atoms in total. The first kappa shape index (κ1) is 37.3. The van der Waals surface area contributed by atoms with Crippen molar-refractivity contribution in [1.29, 1.82) is 5.26 Å². The van der Waals surface area contributed by atoms with Gasteiger partial charge in [0.2, 0.25) is 0 Å². The fourth-order valence-corrected chi connectivity index (χ4v) is 9.93. The van der Waals surface area contributed by atoms with Crippen LogP contribution < -0.4 is 0 Å². The molecule has 1 aromatic heterocycles. The van der Waals surface area contributed by atoms with E-state index in [-0.39, 0.29) is 5.41 Å². The maximum atomic E-state index is 9.74. The van der Waals surface area contributed by atoms with Crippen LogP contribution in [0, 0.1) is 11.3 Å². The van der Waals surface area contributed by atoms with Crippen LogP contribution in [0.25, 0.3) is 89.5 Å². The van der Waals surface area contributed by atoms with E-state index in [2.05, 4.69) is 176 Å². The molecule has 0 amide bonds. The maximum absolute atomic E-state index is 9.74. The lowest BCUT2D eigenvalue weighted by Crippen LogP contribution is -2.28. The van der Waals surface area contributed by atoms with Gasteiger partial charge >= 0.3 is 0 Å². The van der Waals surface area contributed by atoms with Crippen molar-refractivity contribution in [3.63, 3.8) is 0 Å². The molecule has 11 rings (SSSR count). The summed E-state index contributed by atoms with van der Waals surface area (Å²) in [5.41, 5.74) is 20.6. The minimum Gasteiger partial charge on any atom is -0.228 e. The predicted molar refractivity (Wildman–Crippen MR) is 254 cm³/mol. The standard InChI is InChI=1S/C59H43N3/c60-39-40-17-31-52-53-32-30-51(37-55(53)59(54(52)35-40)33-8-3-9-34-59)45-20-18-43(19-21-45)49-15-10-16-50(36-49)44-24-28-47(29-25-44)57-38-56(61-58(62-57)48-13-6-2-7-14-48)46-26-22-42(23-27-46)41-11-4-1-5-12-41/h1-2,4-7,10-32,35-38H,3,8-9,33-34H2. The Balaban J connectivity index is 0.863. The first-order chi connectivity index (χ1) is 30.6. The summed E-state index contributed by atoms with van der Waals surface area (Å²) < 4.78 is 0. The van der Waals surface area contributed by atoms with Gasteiger partial charge in [-0.3, -0.25) is 0 Å². The van der Waals surface area contributed by atoms with Crippen LogP contribution in [-0.2, 0) is 5.41 Å². The highest BCUT2D eigenvalue weighted by Crippen LogP contribution is 2.56. The van der Waals surface area contributed by atoms with Crippen LogP contribution in [0.2, 0.25) is 0 Å². The topological polar surface area (TPSA) is 49.6 Å². The van der Waals surface area contributed by atoms with Crippen LogP contribution in [0.3, 0.4) is 0 Å². The summed E-state index contributed by atoms with van der Waals surface area (Å²) in [4.78, 5) is 10.1. The van der Waals surface area contributed by atoms with Crippen LogP contribution in [0.4, 0.5) is 0 Å². The van der Waals surface area contributed by atoms with Crippen molar-refractivity contribution in [2.45, 2.75) is 37.5 Å². The summed E-state index contributed by atoms with van der Waals surface area (Å²) in [7, 11) is 0. The molecule has 1 heterocycles.